The number of cyclic esters (lactones) is 1. The number of methoxy groups -OCH3 is 2. The van der Waals surface area contributed by atoms with Gasteiger partial charge >= 0.3 is 5.97 Å². The Morgan fingerprint density at radius 3 is 2.28 bits per heavy atom. The van der Waals surface area contributed by atoms with Gasteiger partial charge < -0.3 is 63.6 Å². The normalized spacial score (nSPS) is 41.8. The molecule has 4 N–H and O–H groups in total. The van der Waals surface area contributed by atoms with Crippen LogP contribution >= 0.6 is 0 Å². The molecule has 65 heavy (non-hydrogen) atoms. The van der Waals surface area contributed by atoms with E-state index in [0.29, 0.717) is 32.5 Å². The Balaban J connectivity index is 1.41. The van der Waals surface area contributed by atoms with Crippen molar-refractivity contribution in [2.75, 3.05) is 47.9 Å². The first-order valence-corrected chi connectivity index (χ1v) is 23.8. The van der Waals surface area contributed by atoms with Gasteiger partial charge in [-0.2, -0.15) is 0 Å². The minimum atomic E-state index is -1.64. The number of nitrogens with one attached hydrogen (secondary N) is 2. The molecular formula is C49H81N3O13. The second-order valence-corrected chi connectivity index (χ2v) is 20.2. The average Bonchev–Trinajstić information content (AvgIpc) is 3.49. The second kappa shape index (κ2) is 22.1. The second-order valence-electron chi connectivity index (χ2n) is 20.2. The van der Waals surface area contributed by atoms with Crippen LogP contribution in [0.5, 0.6) is 5.75 Å². The molecule has 5 rings (SSSR count). The third kappa shape index (κ3) is 11.7. The van der Waals surface area contributed by atoms with Gasteiger partial charge in [0.15, 0.2) is 24.0 Å². The molecule has 0 aromatic heterocycles. The van der Waals surface area contributed by atoms with Gasteiger partial charge in [0.2, 0.25) is 5.91 Å². The Morgan fingerprint density at radius 2 is 1.63 bits per heavy atom. The molecule has 18 atom stereocenters. The molecule has 4 heterocycles. The molecule has 0 aliphatic carbocycles. The number of carbonyl (C=O) groups is 3. The number of benzene rings is 1. The van der Waals surface area contributed by atoms with Crippen LogP contribution in [0.3, 0.4) is 0 Å². The number of ketones is 1. The fourth-order valence-electron chi connectivity index (χ4n) is 11.2. The summed E-state index contributed by atoms with van der Waals surface area (Å²) in [6.45, 7) is 19.7. The lowest BCUT2D eigenvalue weighted by atomic mass is 9.75. The standard InChI is InChI=1S/C49H81N3O13/c1-15-36-49(10)42(54)29(4)40(65-49)27(2)25-47(8,57)43(64-46-39(53)34(52(11)12)24-28(3)60-46)30(5)41(31(6)45(56)62-36)63-37-26-48(9,59-14)38(32(7)61-37)44(55)51-23-22-50-21-20-33-18-16-17-19-35(33)58-13/h16-19,27-32,34,36-41,43,46,50,53,57H,15,20-26H2,1-14H3,(H,51,55)/t27-,28-,29+,30+,31-,32+,34+,36-,37+,38?,39-,40+,41+,43-,46?,47-,48-,49?/m1/s1. The summed E-state index contributed by atoms with van der Waals surface area (Å²) in [5.41, 5.74) is -3.01. The van der Waals surface area contributed by atoms with Crippen molar-refractivity contribution in [3.05, 3.63) is 29.8 Å². The van der Waals surface area contributed by atoms with Gasteiger partial charge in [-0.3, -0.25) is 14.4 Å². The molecule has 0 saturated carbocycles. The highest BCUT2D eigenvalue weighted by atomic mass is 16.7. The van der Waals surface area contributed by atoms with Crippen LogP contribution in [0.2, 0.25) is 0 Å². The van der Waals surface area contributed by atoms with Gasteiger partial charge in [0, 0.05) is 44.5 Å². The molecule has 1 aromatic carbocycles. The van der Waals surface area contributed by atoms with E-state index in [1.54, 1.807) is 41.9 Å². The number of hydrogen-bond acceptors (Lipinski definition) is 15. The zero-order valence-corrected chi connectivity index (χ0v) is 41.5. The molecule has 0 spiro atoms. The number of rotatable bonds is 15. The highest BCUT2D eigenvalue weighted by Gasteiger charge is 2.59. The number of nitrogens with zero attached hydrogens (tertiary/aromatic N) is 1. The Morgan fingerprint density at radius 1 is 0.938 bits per heavy atom. The maximum Gasteiger partial charge on any atom is 0.311 e. The van der Waals surface area contributed by atoms with Gasteiger partial charge in [-0.25, -0.2) is 0 Å². The molecule has 370 valence electrons. The Labute approximate surface area is 387 Å². The lowest BCUT2D eigenvalue weighted by Crippen LogP contribution is -2.61. The molecule has 4 aliphatic rings. The number of hydrogen-bond donors (Lipinski definition) is 4. The molecule has 2 bridgehead atoms. The summed E-state index contributed by atoms with van der Waals surface area (Å²) in [4.78, 5) is 44.4. The first-order chi connectivity index (χ1) is 30.5. The molecule has 0 radical (unpaired) electrons. The predicted molar refractivity (Wildman–Crippen MR) is 243 cm³/mol. The zero-order valence-electron chi connectivity index (χ0n) is 41.5. The van der Waals surface area contributed by atoms with E-state index in [1.807, 2.05) is 84.8 Å². The van der Waals surface area contributed by atoms with Crippen molar-refractivity contribution in [2.45, 2.75) is 179 Å². The number of likely N-dealkylation sites (N-methyl/N-ethyl adjacent to an activating group) is 1. The molecule has 1 amide bonds. The number of para-hydroxylation sites is 1. The third-order valence-electron chi connectivity index (χ3n) is 14.8. The smallest absolute Gasteiger partial charge is 0.311 e. The van der Waals surface area contributed by atoms with Gasteiger partial charge in [0.25, 0.3) is 0 Å². The first kappa shape index (κ1) is 53.2. The van der Waals surface area contributed by atoms with Crippen LogP contribution in [0, 0.1) is 29.6 Å². The van der Waals surface area contributed by atoms with E-state index >= 15 is 0 Å². The molecule has 3 unspecified atom stereocenters. The van der Waals surface area contributed by atoms with Crippen LogP contribution in [0.25, 0.3) is 0 Å². The van der Waals surface area contributed by atoms with Crippen LogP contribution in [0.15, 0.2) is 24.3 Å². The van der Waals surface area contributed by atoms with Crippen LogP contribution < -0.4 is 15.4 Å². The van der Waals surface area contributed by atoms with Crippen molar-refractivity contribution in [3.8, 4) is 5.75 Å². The third-order valence-corrected chi connectivity index (χ3v) is 14.8. The average molecular weight is 920 g/mol. The fourth-order valence-corrected chi connectivity index (χ4v) is 11.2. The summed E-state index contributed by atoms with van der Waals surface area (Å²) in [6, 6.07) is 7.59. The summed E-state index contributed by atoms with van der Waals surface area (Å²) in [6.07, 6.45) is -5.84. The maximum absolute atomic E-state index is 14.5. The van der Waals surface area contributed by atoms with Crippen molar-refractivity contribution >= 4 is 17.7 Å². The van der Waals surface area contributed by atoms with E-state index in [9.17, 15) is 24.6 Å². The Kier molecular flexibility index (Phi) is 18.1. The summed E-state index contributed by atoms with van der Waals surface area (Å²) in [5.74, 6) is -3.55. The van der Waals surface area contributed by atoms with E-state index in [1.165, 1.54) is 0 Å². The number of fused-ring (bicyclic) bond motifs is 2. The molecule has 1 aromatic rings. The number of ether oxygens (including phenoxy) is 8. The van der Waals surface area contributed by atoms with Gasteiger partial charge in [-0.05, 0) is 105 Å². The predicted octanol–water partition coefficient (Wildman–Crippen LogP) is 4.04. The highest BCUT2D eigenvalue weighted by Crippen LogP contribution is 2.45. The number of aliphatic hydroxyl groups excluding tert-OH is 1. The van der Waals surface area contributed by atoms with Crippen molar-refractivity contribution in [3.63, 3.8) is 0 Å². The minimum absolute atomic E-state index is 0.122. The number of esters is 1. The highest BCUT2D eigenvalue weighted by molar-refractivity contribution is 5.92. The SMILES string of the molecule is CC[C@H]1OC(=O)[C@H](C)[C@@H](O[C@H]2C[C@@](C)(OC)C(C(=O)NCCNCCc3ccccc3OC)[C@H](C)O2)[C@H](C)[C@@H](OC2O[C@H](C)C[C@H](N(C)C)[C@H]2O)[C@](C)(O)C[C@@H](C)[C@@H]2OC1(C)C(=O)[C@H]2C. The van der Waals surface area contributed by atoms with Gasteiger partial charge in [0.05, 0.1) is 60.7 Å². The zero-order chi connectivity index (χ0) is 48.2. The van der Waals surface area contributed by atoms with Crippen LogP contribution in [0.1, 0.15) is 100 Å². The van der Waals surface area contributed by atoms with Crippen molar-refractivity contribution in [2.24, 2.45) is 29.6 Å². The number of amides is 1. The van der Waals surface area contributed by atoms with Gasteiger partial charge in [-0.15, -0.1) is 0 Å². The topological polar surface area (TPSA) is 193 Å². The first-order valence-electron chi connectivity index (χ1n) is 23.8. The van der Waals surface area contributed by atoms with Gasteiger partial charge in [0.1, 0.15) is 18.0 Å². The van der Waals surface area contributed by atoms with Gasteiger partial charge in [-0.1, -0.05) is 45.9 Å². The van der Waals surface area contributed by atoms with E-state index in [-0.39, 0.29) is 42.6 Å². The molecule has 4 saturated heterocycles. The summed E-state index contributed by atoms with van der Waals surface area (Å²) >= 11 is 0. The number of carbonyl (C=O) groups excluding carboxylic acids is 3. The van der Waals surface area contributed by atoms with E-state index < -0.39 is 95.6 Å². The molecule has 4 aliphatic heterocycles. The van der Waals surface area contributed by atoms with E-state index in [2.05, 4.69) is 10.6 Å². The van der Waals surface area contributed by atoms with Crippen LogP contribution in [-0.2, 0) is 54.0 Å². The molecule has 4 fully saturated rings. The van der Waals surface area contributed by atoms with E-state index in [4.69, 9.17) is 37.9 Å². The molecular weight excluding hydrogens is 839 g/mol. The lowest BCUT2D eigenvalue weighted by Gasteiger charge is -2.49. The molecule has 16 heteroatoms. The number of Topliss-reactive ketones (excluding diaryl/α,β-unsaturated/α-hetero) is 1. The Hall–Kier alpha value is -2.77. The minimum Gasteiger partial charge on any atom is -0.496 e. The van der Waals surface area contributed by atoms with Crippen molar-refractivity contribution in [1.29, 1.82) is 0 Å². The summed E-state index contributed by atoms with van der Waals surface area (Å²) < 4.78 is 51.0. The van der Waals surface area contributed by atoms with Crippen molar-refractivity contribution in [1.82, 2.24) is 15.5 Å². The van der Waals surface area contributed by atoms with Crippen molar-refractivity contribution < 1.29 is 62.5 Å². The van der Waals surface area contributed by atoms with Crippen LogP contribution in [-0.4, -0.2) is 159 Å². The summed E-state index contributed by atoms with van der Waals surface area (Å²) in [7, 11) is 6.98. The summed E-state index contributed by atoms with van der Waals surface area (Å²) in [5, 5.41) is 30.9. The molecule has 16 nitrogen and oxygen atoms in total. The van der Waals surface area contributed by atoms with E-state index in [0.717, 1.165) is 17.7 Å². The fraction of sp³-hybridized carbons (Fsp3) is 0.816. The quantitative estimate of drug-likeness (QED) is 0.146. The van der Waals surface area contributed by atoms with Crippen LogP contribution in [0.4, 0.5) is 0 Å². The monoisotopic (exact) mass is 920 g/mol. The Bertz CT molecular complexity index is 1750. The largest absolute Gasteiger partial charge is 0.496 e. The maximum atomic E-state index is 14.5. The lowest BCUT2D eigenvalue weighted by molar-refractivity contribution is -0.313. The number of aliphatic hydroxyl groups is 2.